The Kier molecular flexibility index (Phi) is 5.30. The normalized spacial score (nSPS) is 19.9. The first-order valence-corrected chi connectivity index (χ1v) is 7.93. The van der Waals surface area contributed by atoms with Crippen LogP contribution < -0.4 is 0 Å². The maximum Gasteiger partial charge on any atom is 0.253 e. The minimum absolute atomic E-state index is 0.158. The summed E-state index contributed by atoms with van der Waals surface area (Å²) in [5.74, 6) is 1.42. The minimum atomic E-state index is 0.158. The van der Waals surface area contributed by atoms with Crippen molar-refractivity contribution in [2.75, 3.05) is 19.0 Å². The summed E-state index contributed by atoms with van der Waals surface area (Å²) in [6.45, 7) is 1.74. The number of carbonyl (C=O) groups is 1. The fraction of sp³-hybridized carbons (Fsp3) is 0.500. The molecule has 1 saturated heterocycles. The topological polar surface area (TPSA) is 20.3 Å². The maximum atomic E-state index is 12.4. The largest absolute Gasteiger partial charge is 0.338 e. The Bertz CT molecular complexity index is 405. The molecule has 1 heterocycles. The van der Waals surface area contributed by atoms with Gasteiger partial charge in [0.15, 0.2) is 0 Å². The number of piperidine rings is 1. The van der Waals surface area contributed by atoms with E-state index in [1.165, 1.54) is 6.42 Å². The fourth-order valence-corrected chi connectivity index (χ4v) is 3.08. The van der Waals surface area contributed by atoms with E-state index < -0.39 is 0 Å². The van der Waals surface area contributed by atoms with Gasteiger partial charge in [0.1, 0.15) is 0 Å². The Hall–Kier alpha value is -0.290. The molecule has 2 nitrogen and oxygen atoms in total. The Labute approximate surface area is 127 Å². The molecule has 0 radical (unpaired) electrons. The van der Waals surface area contributed by atoms with Gasteiger partial charge in [-0.1, -0.05) is 0 Å². The molecule has 0 aromatic heterocycles. The van der Waals surface area contributed by atoms with E-state index in [4.69, 9.17) is 11.6 Å². The fourth-order valence-electron chi connectivity index (χ4n) is 2.41. The standard InChI is InChI=1S/C14H17ClINO/c15-8-7-11-2-1-9-17(10-11)14(18)12-3-5-13(16)6-4-12/h3-6,11H,1-2,7-10H2. The van der Waals surface area contributed by atoms with Gasteiger partial charge in [-0.2, -0.15) is 0 Å². The van der Waals surface area contributed by atoms with Crippen LogP contribution in [0, 0.1) is 9.49 Å². The van der Waals surface area contributed by atoms with Gasteiger partial charge in [-0.05, 0) is 72.0 Å². The number of rotatable bonds is 3. The summed E-state index contributed by atoms with van der Waals surface area (Å²) in [6, 6.07) is 7.78. The SMILES string of the molecule is O=C(c1ccc(I)cc1)N1CCCC(CCCl)C1. The molecule has 2 rings (SSSR count). The zero-order valence-electron chi connectivity index (χ0n) is 10.2. The van der Waals surface area contributed by atoms with Crippen molar-refractivity contribution in [3.63, 3.8) is 0 Å². The van der Waals surface area contributed by atoms with Crippen LogP contribution in [0.5, 0.6) is 0 Å². The molecule has 1 aliphatic heterocycles. The maximum absolute atomic E-state index is 12.4. The number of nitrogens with zero attached hydrogens (tertiary/aromatic N) is 1. The van der Waals surface area contributed by atoms with Crippen LogP contribution >= 0.6 is 34.2 Å². The van der Waals surface area contributed by atoms with Crippen molar-refractivity contribution in [3.8, 4) is 0 Å². The second kappa shape index (κ2) is 6.75. The molecular formula is C14H17ClINO. The van der Waals surface area contributed by atoms with E-state index in [1.807, 2.05) is 29.2 Å². The van der Waals surface area contributed by atoms with E-state index in [-0.39, 0.29) is 5.91 Å². The van der Waals surface area contributed by atoms with Crippen LogP contribution in [0.1, 0.15) is 29.6 Å². The lowest BCUT2D eigenvalue weighted by atomic mass is 9.95. The van der Waals surface area contributed by atoms with Crippen LogP contribution in [0.4, 0.5) is 0 Å². The lowest BCUT2D eigenvalue weighted by Gasteiger charge is -2.32. The molecule has 4 heteroatoms. The van der Waals surface area contributed by atoms with Crippen molar-refractivity contribution >= 4 is 40.1 Å². The number of likely N-dealkylation sites (tertiary alicyclic amines) is 1. The smallest absolute Gasteiger partial charge is 0.253 e. The average Bonchev–Trinajstić information content (AvgIpc) is 2.39. The number of alkyl halides is 1. The zero-order chi connectivity index (χ0) is 13.0. The molecule has 1 aromatic carbocycles. The highest BCUT2D eigenvalue weighted by Crippen LogP contribution is 2.21. The van der Waals surface area contributed by atoms with E-state index in [1.54, 1.807) is 0 Å². The Morgan fingerprint density at radius 3 is 2.78 bits per heavy atom. The molecule has 98 valence electrons. The van der Waals surface area contributed by atoms with Crippen molar-refractivity contribution in [2.45, 2.75) is 19.3 Å². The number of carbonyl (C=O) groups excluding carboxylic acids is 1. The number of halogens is 2. The molecule has 0 saturated carbocycles. The van der Waals surface area contributed by atoms with Crippen molar-refractivity contribution in [1.82, 2.24) is 4.90 Å². The molecule has 0 spiro atoms. The van der Waals surface area contributed by atoms with Crippen LogP contribution in [0.15, 0.2) is 24.3 Å². The van der Waals surface area contributed by atoms with Gasteiger partial charge in [-0.25, -0.2) is 0 Å². The monoisotopic (exact) mass is 377 g/mol. The van der Waals surface area contributed by atoms with Gasteiger partial charge in [0, 0.05) is 28.1 Å². The first-order chi connectivity index (χ1) is 8.70. The van der Waals surface area contributed by atoms with Crippen LogP contribution in [0.3, 0.4) is 0 Å². The lowest BCUT2D eigenvalue weighted by Crippen LogP contribution is -2.40. The van der Waals surface area contributed by atoms with Gasteiger partial charge < -0.3 is 4.90 Å². The zero-order valence-corrected chi connectivity index (χ0v) is 13.2. The van der Waals surface area contributed by atoms with Crippen molar-refractivity contribution in [3.05, 3.63) is 33.4 Å². The van der Waals surface area contributed by atoms with E-state index in [0.717, 1.165) is 35.1 Å². The highest BCUT2D eigenvalue weighted by molar-refractivity contribution is 14.1. The quantitative estimate of drug-likeness (QED) is 0.580. The molecule has 1 fully saturated rings. The van der Waals surface area contributed by atoms with Gasteiger partial charge in [0.05, 0.1) is 0 Å². The minimum Gasteiger partial charge on any atom is -0.338 e. The highest BCUT2D eigenvalue weighted by Gasteiger charge is 2.23. The van der Waals surface area contributed by atoms with Crippen molar-refractivity contribution < 1.29 is 4.79 Å². The Morgan fingerprint density at radius 2 is 2.11 bits per heavy atom. The Balaban J connectivity index is 2.02. The van der Waals surface area contributed by atoms with Gasteiger partial charge >= 0.3 is 0 Å². The summed E-state index contributed by atoms with van der Waals surface area (Å²) in [4.78, 5) is 14.3. The number of amides is 1. The second-order valence-electron chi connectivity index (χ2n) is 4.74. The summed E-state index contributed by atoms with van der Waals surface area (Å²) in [5, 5.41) is 0. The predicted octanol–water partition coefficient (Wildman–Crippen LogP) is 3.77. The Morgan fingerprint density at radius 1 is 1.39 bits per heavy atom. The summed E-state index contributed by atoms with van der Waals surface area (Å²) in [6.07, 6.45) is 3.30. The molecule has 0 N–H and O–H groups in total. The molecule has 1 atom stereocenters. The molecule has 1 unspecified atom stereocenters. The lowest BCUT2D eigenvalue weighted by molar-refractivity contribution is 0.0671. The van der Waals surface area contributed by atoms with Gasteiger partial charge in [0.25, 0.3) is 5.91 Å². The summed E-state index contributed by atoms with van der Waals surface area (Å²) >= 11 is 8.04. The van der Waals surface area contributed by atoms with Gasteiger partial charge in [-0.15, -0.1) is 11.6 Å². The molecule has 1 aromatic rings. The van der Waals surface area contributed by atoms with Crippen LogP contribution in [0.2, 0.25) is 0 Å². The second-order valence-corrected chi connectivity index (χ2v) is 6.37. The van der Waals surface area contributed by atoms with Crippen molar-refractivity contribution in [1.29, 1.82) is 0 Å². The van der Waals surface area contributed by atoms with E-state index in [0.29, 0.717) is 11.8 Å². The first kappa shape index (κ1) is 14.1. The van der Waals surface area contributed by atoms with Gasteiger partial charge in [0.2, 0.25) is 0 Å². The highest BCUT2D eigenvalue weighted by atomic mass is 127. The van der Waals surface area contributed by atoms with E-state index >= 15 is 0 Å². The first-order valence-electron chi connectivity index (χ1n) is 6.31. The van der Waals surface area contributed by atoms with Crippen molar-refractivity contribution in [2.24, 2.45) is 5.92 Å². The van der Waals surface area contributed by atoms with Crippen LogP contribution in [-0.2, 0) is 0 Å². The number of hydrogen-bond acceptors (Lipinski definition) is 1. The van der Waals surface area contributed by atoms with Gasteiger partial charge in [-0.3, -0.25) is 4.79 Å². The predicted molar refractivity (Wildman–Crippen MR) is 83.1 cm³/mol. The van der Waals surface area contributed by atoms with E-state index in [2.05, 4.69) is 22.6 Å². The third-order valence-electron chi connectivity index (χ3n) is 3.41. The molecule has 18 heavy (non-hydrogen) atoms. The van der Waals surface area contributed by atoms with Crippen LogP contribution in [0.25, 0.3) is 0 Å². The molecule has 0 aliphatic carbocycles. The third kappa shape index (κ3) is 3.60. The molecule has 1 aliphatic rings. The number of benzene rings is 1. The molecule has 1 amide bonds. The average molecular weight is 378 g/mol. The molecular weight excluding hydrogens is 361 g/mol. The van der Waals surface area contributed by atoms with E-state index in [9.17, 15) is 4.79 Å². The number of hydrogen-bond donors (Lipinski definition) is 0. The summed E-state index contributed by atoms with van der Waals surface area (Å²) in [7, 11) is 0. The summed E-state index contributed by atoms with van der Waals surface area (Å²) < 4.78 is 1.16. The molecule has 0 bridgehead atoms. The third-order valence-corrected chi connectivity index (χ3v) is 4.35. The van der Waals surface area contributed by atoms with Crippen LogP contribution in [-0.4, -0.2) is 29.8 Å². The summed E-state index contributed by atoms with van der Waals surface area (Å²) in [5.41, 5.74) is 0.793.